The van der Waals surface area contributed by atoms with E-state index >= 15 is 0 Å². The number of alkyl halides is 6. The van der Waals surface area contributed by atoms with E-state index in [1.807, 2.05) is 0 Å². The van der Waals surface area contributed by atoms with E-state index in [1.54, 1.807) is 5.48 Å². The summed E-state index contributed by atoms with van der Waals surface area (Å²) in [6, 6.07) is 3.63. The molecule has 0 atom stereocenters. The molecule has 180 valence electrons. The summed E-state index contributed by atoms with van der Waals surface area (Å²) in [5, 5.41) is 1.36. The number of amides is 2. The van der Waals surface area contributed by atoms with Gasteiger partial charge < -0.3 is 10.1 Å². The minimum absolute atomic E-state index is 0.0684. The number of rotatable bonds is 6. The fourth-order valence-electron chi connectivity index (χ4n) is 2.60. The van der Waals surface area contributed by atoms with E-state index < -0.39 is 52.8 Å². The lowest BCUT2D eigenvalue weighted by Crippen LogP contribution is -2.46. The van der Waals surface area contributed by atoms with Crippen LogP contribution in [0.25, 0.3) is 0 Å². The van der Waals surface area contributed by atoms with Crippen molar-refractivity contribution in [1.29, 1.82) is 0 Å². The van der Waals surface area contributed by atoms with Gasteiger partial charge in [0.1, 0.15) is 12.3 Å². The molecule has 1 aliphatic rings. The lowest BCUT2D eigenvalue weighted by Gasteiger charge is -2.30. The van der Waals surface area contributed by atoms with E-state index in [4.69, 9.17) is 4.84 Å². The number of benzene rings is 1. The number of ether oxygens (including phenoxy) is 1. The zero-order chi connectivity index (χ0) is 24.2. The van der Waals surface area contributed by atoms with Gasteiger partial charge in [-0.1, -0.05) is 0 Å². The van der Waals surface area contributed by atoms with Crippen LogP contribution >= 0.6 is 0 Å². The third kappa shape index (κ3) is 7.83. The van der Waals surface area contributed by atoms with Crippen molar-refractivity contribution in [3.63, 3.8) is 0 Å². The molecule has 1 aliphatic heterocycles. The minimum Gasteiger partial charge on any atom is -0.406 e. The Morgan fingerprint density at radius 2 is 1.56 bits per heavy atom. The average Bonchev–Trinajstić information content (AvgIpc) is 2.69. The third-order valence-corrected chi connectivity index (χ3v) is 5.98. The monoisotopic (exact) mass is 493 g/mol. The lowest BCUT2D eigenvalue weighted by molar-refractivity contribution is -0.274. The minimum atomic E-state index is -4.92. The summed E-state index contributed by atoms with van der Waals surface area (Å²) in [7, 11) is -4.03. The number of hydroxylamine groups is 1. The van der Waals surface area contributed by atoms with Crippen LogP contribution in [0.2, 0.25) is 0 Å². The van der Waals surface area contributed by atoms with Crippen molar-refractivity contribution in [2.75, 3.05) is 19.6 Å². The molecule has 1 heterocycles. The second kappa shape index (κ2) is 9.91. The molecule has 16 heteroatoms. The summed E-state index contributed by atoms with van der Waals surface area (Å²) in [5.41, 5.74) is 1.71. The summed E-state index contributed by atoms with van der Waals surface area (Å²) in [4.78, 5) is 27.3. The Bertz CT molecular complexity index is 912. The zero-order valence-electron chi connectivity index (χ0n) is 16.0. The first kappa shape index (κ1) is 25.7. The Kier molecular flexibility index (Phi) is 7.95. The molecule has 2 N–H and O–H groups in total. The maximum Gasteiger partial charge on any atom is 0.573 e. The van der Waals surface area contributed by atoms with Gasteiger partial charge in [-0.15, -0.1) is 13.2 Å². The summed E-state index contributed by atoms with van der Waals surface area (Å²) < 4.78 is 103. The molecule has 1 saturated heterocycles. The predicted octanol–water partition coefficient (Wildman–Crippen LogP) is 1.46. The Hall–Kier alpha value is -2.59. The van der Waals surface area contributed by atoms with Gasteiger partial charge in [0.25, 0.3) is 0 Å². The van der Waals surface area contributed by atoms with Crippen LogP contribution in [-0.4, -0.2) is 62.8 Å². The van der Waals surface area contributed by atoms with Crippen LogP contribution < -0.4 is 15.5 Å². The number of nitrogens with zero attached hydrogens (tertiary/aromatic N) is 1. The van der Waals surface area contributed by atoms with Crippen LogP contribution in [0.1, 0.15) is 12.8 Å². The molecule has 0 bridgehead atoms. The van der Waals surface area contributed by atoms with Crippen LogP contribution in [0, 0.1) is 0 Å². The van der Waals surface area contributed by atoms with Gasteiger partial charge in [-0.05, 0) is 37.1 Å². The van der Waals surface area contributed by atoms with Gasteiger partial charge in [-0.25, -0.2) is 13.9 Å². The van der Waals surface area contributed by atoms with Crippen molar-refractivity contribution in [3.05, 3.63) is 24.3 Å². The van der Waals surface area contributed by atoms with Crippen LogP contribution in [0.5, 0.6) is 5.75 Å². The second-order valence-electron chi connectivity index (χ2n) is 6.47. The topological polar surface area (TPSA) is 114 Å². The highest BCUT2D eigenvalue weighted by atomic mass is 32.2. The first-order valence-electron chi connectivity index (χ1n) is 8.84. The second-order valence-corrected chi connectivity index (χ2v) is 8.41. The largest absolute Gasteiger partial charge is 0.573 e. The fraction of sp³-hybridized carbons (Fsp3) is 0.500. The van der Waals surface area contributed by atoms with Crippen LogP contribution in [0.3, 0.4) is 0 Å². The number of sulfonamides is 1. The fourth-order valence-corrected chi connectivity index (χ4v) is 4.07. The first-order valence-corrected chi connectivity index (χ1v) is 10.3. The average molecular weight is 493 g/mol. The predicted molar refractivity (Wildman–Crippen MR) is 93.2 cm³/mol. The van der Waals surface area contributed by atoms with Crippen molar-refractivity contribution in [3.8, 4) is 5.75 Å². The molecule has 0 unspecified atom stereocenters. The van der Waals surface area contributed by atoms with Crippen molar-refractivity contribution in [1.82, 2.24) is 15.1 Å². The summed E-state index contributed by atoms with van der Waals surface area (Å²) >= 11 is 0. The molecule has 0 aliphatic carbocycles. The van der Waals surface area contributed by atoms with Gasteiger partial charge in [0, 0.05) is 13.1 Å². The molecular weight excluding hydrogens is 476 g/mol. The Labute approximate surface area is 177 Å². The number of carbonyl (C=O) groups excluding carboxylic acids is 2. The quantitative estimate of drug-likeness (QED) is 0.353. The van der Waals surface area contributed by atoms with Crippen LogP contribution in [0.15, 0.2) is 29.2 Å². The summed E-state index contributed by atoms with van der Waals surface area (Å²) in [6.07, 6.45) is -10.2. The van der Waals surface area contributed by atoms with Gasteiger partial charge in [0.15, 0.2) is 0 Å². The molecule has 0 radical (unpaired) electrons. The highest BCUT2D eigenvalue weighted by Gasteiger charge is 2.33. The molecule has 0 saturated carbocycles. The van der Waals surface area contributed by atoms with Gasteiger partial charge in [-0.2, -0.15) is 17.5 Å². The van der Waals surface area contributed by atoms with E-state index in [1.165, 1.54) is 5.32 Å². The van der Waals surface area contributed by atoms with E-state index in [0.717, 1.165) is 28.6 Å². The van der Waals surface area contributed by atoms with E-state index in [-0.39, 0.29) is 30.8 Å². The third-order valence-electron chi connectivity index (χ3n) is 4.07. The molecule has 0 spiro atoms. The maximum atomic E-state index is 12.6. The van der Waals surface area contributed by atoms with Crippen LogP contribution in [-0.2, 0) is 24.4 Å². The highest BCUT2D eigenvalue weighted by molar-refractivity contribution is 7.89. The van der Waals surface area contributed by atoms with E-state index in [9.17, 15) is 44.3 Å². The van der Waals surface area contributed by atoms with Gasteiger partial charge in [0.05, 0.1) is 11.0 Å². The first-order chi connectivity index (χ1) is 14.7. The highest BCUT2D eigenvalue weighted by Crippen LogP contribution is 2.26. The molecule has 9 nitrogen and oxygen atoms in total. The van der Waals surface area contributed by atoms with Crippen molar-refractivity contribution in [2.24, 2.45) is 0 Å². The van der Waals surface area contributed by atoms with Crippen molar-refractivity contribution < 1.29 is 53.9 Å². The summed E-state index contributed by atoms with van der Waals surface area (Å²) in [5.74, 6) is -3.59. The van der Waals surface area contributed by atoms with E-state index in [0.29, 0.717) is 0 Å². The standard InChI is InChI=1S/C16H17F6N3O6S/c17-15(18,19)9-23-13(26)14(27)24-31-11-5-7-25(8-6-11)32(28,29)12-3-1-10(2-4-12)30-16(20,21)22/h1-4,11H,5-9H2,(H,23,26)(H,24,27). The zero-order valence-corrected chi connectivity index (χ0v) is 16.8. The van der Waals surface area contributed by atoms with Crippen molar-refractivity contribution >= 4 is 21.8 Å². The number of hydrogen-bond donors (Lipinski definition) is 2. The number of piperidine rings is 1. The van der Waals surface area contributed by atoms with Gasteiger partial charge >= 0.3 is 24.4 Å². The van der Waals surface area contributed by atoms with Gasteiger partial charge in [0.2, 0.25) is 10.0 Å². The normalized spacial score (nSPS) is 16.4. The Balaban J connectivity index is 1.84. The van der Waals surface area contributed by atoms with Gasteiger partial charge in [-0.3, -0.25) is 14.4 Å². The molecule has 0 aromatic heterocycles. The molecule has 1 aromatic rings. The maximum absolute atomic E-state index is 12.6. The SMILES string of the molecule is O=C(NCC(F)(F)F)C(=O)NOC1CCN(S(=O)(=O)c2ccc(OC(F)(F)F)cc2)CC1. The summed E-state index contributed by atoms with van der Waals surface area (Å²) in [6.45, 7) is -1.85. The molecule has 32 heavy (non-hydrogen) atoms. The van der Waals surface area contributed by atoms with E-state index in [2.05, 4.69) is 4.74 Å². The lowest BCUT2D eigenvalue weighted by atomic mass is 10.1. The number of halogens is 6. The molecule has 1 fully saturated rings. The molecule has 2 rings (SSSR count). The number of hydrogen-bond acceptors (Lipinski definition) is 6. The van der Waals surface area contributed by atoms with Crippen LogP contribution in [0.4, 0.5) is 26.3 Å². The molecule has 1 aromatic carbocycles. The number of carbonyl (C=O) groups is 2. The Morgan fingerprint density at radius 1 is 1.00 bits per heavy atom. The molecule has 2 amide bonds. The Morgan fingerprint density at radius 3 is 2.06 bits per heavy atom. The van der Waals surface area contributed by atoms with Crippen molar-refractivity contribution in [2.45, 2.75) is 36.4 Å². The number of nitrogens with one attached hydrogen (secondary N) is 2. The smallest absolute Gasteiger partial charge is 0.406 e. The molecular formula is C16H17F6N3O6S.